The van der Waals surface area contributed by atoms with Crippen molar-refractivity contribution in [1.82, 2.24) is 0 Å². The van der Waals surface area contributed by atoms with Gasteiger partial charge >= 0.3 is 5.97 Å². The first-order valence-corrected chi connectivity index (χ1v) is 8.67. The summed E-state index contributed by atoms with van der Waals surface area (Å²) in [6.07, 6.45) is 3.53. The van der Waals surface area contributed by atoms with Crippen molar-refractivity contribution in [3.8, 4) is 5.75 Å². The van der Waals surface area contributed by atoms with E-state index in [1.165, 1.54) is 5.56 Å². The minimum absolute atomic E-state index is 0.464. The molecule has 0 radical (unpaired) electrons. The standard InChI is InChI=1S/C21H26O3/c1-3-5-13-24-19-8-6-7-17(14-19)15-20(21(22)23)18-11-9-16(4-2)10-12-18/h6-12,14,20H,3-5,13,15H2,1-2H3,(H,22,23). The summed E-state index contributed by atoms with van der Waals surface area (Å²) in [5, 5.41) is 9.63. The maximum Gasteiger partial charge on any atom is 0.311 e. The first-order chi connectivity index (χ1) is 11.6. The predicted molar refractivity (Wildman–Crippen MR) is 96.7 cm³/mol. The highest BCUT2D eigenvalue weighted by atomic mass is 16.5. The van der Waals surface area contributed by atoms with Gasteiger partial charge in [0.15, 0.2) is 0 Å². The van der Waals surface area contributed by atoms with Gasteiger partial charge in [-0.3, -0.25) is 4.79 Å². The van der Waals surface area contributed by atoms with Crippen molar-refractivity contribution in [2.75, 3.05) is 6.61 Å². The van der Waals surface area contributed by atoms with Crippen LogP contribution in [-0.4, -0.2) is 17.7 Å². The molecular weight excluding hydrogens is 300 g/mol. The Kier molecular flexibility index (Phi) is 6.86. The number of rotatable bonds is 9. The average molecular weight is 326 g/mol. The van der Waals surface area contributed by atoms with Crippen LogP contribution in [0.25, 0.3) is 0 Å². The first-order valence-electron chi connectivity index (χ1n) is 8.67. The van der Waals surface area contributed by atoms with Crippen LogP contribution >= 0.6 is 0 Å². The second-order valence-corrected chi connectivity index (χ2v) is 6.04. The predicted octanol–water partition coefficient (Wildman–Crippen LogP) is 4.84. The number of aryl methyl sites for hydroxylation is 1. The number of hydrogen-bond acceptors (Lipinski definition) is 2. The highest BCUT2D eigenvalue weighted by Crippen LogP contribution is 2.24. The molecule has 0 aliphatic rings. The van der Waals surface area contributed by atoms with Crippen molar-refractivity contribution in [2.45, 2.75) is 45.4 Å². The van der Waals surface area contributed by atoms with E-state index >= 15 is 0 Å². The Balaban J connectivity index is 2.12. The molecule has 0 spiro atoms. The molecule has 0 heterocycles. The van der Waals surface area contributed by atoms with E-state index in [4.69, 9.17) is 4.74 Å². The smallest absolute Gasteiger partial charge is 0.311 e. The lowest BCUT2D eigenvalue weighted by Gasteiger charge is -2.14. The molecule has 0 saturated carbocycles. The van der Waals surface area contributed by atoms with Crippen molar-refractivity contribution in [2.24, 2.45) is 0 Å². The van der Waals surface area contributed by atoms with E-state index in [-0.39, 0.29) is 0 Å². The molecule has 1 N–H and O–H groups in total. The van der Waals surface area contributed by atoms with Crippen molar-refractivity contribution in [3.63, 3.8) is 0 Å². The highest BCUT2D eigenvalue weighted by Gasteiger charge is 2.20. The average Bonchev–Trinajstić information content (AvgIpc) is 2.60. The summed E-state index contributed by atoms with van der Waals surface area (Å²) < 4.78 is 5.72. The van der Waals surface area contributed by atoms with Crippen LogP contribution in [0.3, 0.4) is 0 Å². The fraction of sp³-hybridized carbons (Fsp3) is 0.381. The molecular formula is C21H26O3. The SMILES string of the molecule is CCCCOc1cccc(CC(C(=O)O)c2ccc(CC)cc2)c1. The van der Waals surface area contributed by atoms with Gasteiger partial charge in [0.1, 0.15) is 5.75 Å². The molecule has 3 nitrogen and oxygen atoms in total. The van der Waals surface area contributed by atoms with Gasteiger partial charge in [-0.1, -0.05) is 56.7 Å². The Labute approximate surface area is 144 Å². The van der Waals surface area contributed by atoms with Crippen LogP contribution in [0.1, 0.15) is 49.3 Å². The van der Waals surface area contributed by atoms with Crippen LogP contribution in [0.15, 0.2) is 48.5 Å². The molecule has 0 saturated heterocycles. The Morgan fingerprint density at radius 1 is 1.08 bits per heavy atom. The van der Waals surface area contributed by atoms with Crippen LogP contribution in [-0.2, 0) is 17.6 Å². The Morgan fingerprint density at radius 3 is 2.46 bits per heavy atom. The van der Waals surface area contributed by atoms with Gasteiger partial charge in [-0.15, -0.1) is 0 Å². The zero-order chi connectivity index (χ0) is 17.4. The van der Waals surface area contributed by atoms with Gasteiger partial charge in [-0.05, 0) is 48.1 Å². The number of carbonyl (C=O) groups is 1. The second kappa shape index (κ2) is 9.11. The van der Waals surface area contributed by atoms with Crippen LogP contribution in [0.4, 0.5) is 0 Å². The Hall–Kier alpha value is -2.29. The molecule has 0 aliphatic heterocycles. The van der Waals surface area contributed by atoms with Gasteiger partial charge in [-0.25, -0.2) is 0 Å². The monoisotopic (exact) mass is 326 g/mol. The van der Waals surface area contributed by atoms with Gasteiger partial charge < -0.3 is 9.84 Å². The minimum Gasteiger partial charge on any atom is -0.494 e. The number of unbranched alkanes of at least 4 members (excludes halogenated alkanes) is 1. The summed E-state index contributed by atoms with van der Waals surface area (Å²) in [6, 6.07) is 15.6. The lowest BCUT2D eigenvalue weighted by atomic mass is 9.91. The zero-order valence-corrected chi connectivity index (χ0v) is 14.5. The molecule has 3 heteroatoms. The molecule has 1 unspecified atom stereocenters. The van der Waals surface area contributed by atoms with Crippen molar-refractivity contribution < 1.29 is 14.6 Å². The van der Waals surface area contributed by atoms with E-state index in [9.17, 15) is 9.90 Å². The summed E-state index contributed by atoms with van der Waals surface area (Å²) in [4.78, 5) is 11.7. The largest absolute Gasteiger partial charge is 0.494 e. The van der Waals surface area contributed by atoms with Gasteiger partial charge in [0.2, 0.25) is 0 Å². The number of benzene rings is 2. The summed E-state index contributed by atoms with van der Waals surface area (Å²) in [5.74, 6) is -0.523. The number of carboxylic acids is 1. The maximum absolute atomic E-state index is 11.7. The molecule has 2 rings (SSSR count). The minimum atomic E-state index is -0.795. The van der Waals surface area contributed by atoms with E-state index < -0.39 is 11.9 Å². The summed E-state index contributed by atoms with van der Waals surface area (Å²) >= 11 is 0. The maximum atomic E-state index is 11.7. The van der Waals surface area contributed by atoms with Crippen LogP contribution in [0, 0.1) is 0 Å². The molecule has 128 valence electrons. The second-order valence-electron chi connectivity index (χ2n) is 6.04. The van der Waals surface area contributed by atoms with E-state index in [2.05, 4.69) is 13.8 Å². The first kappa shape index (κ1) is 18.1. The number of aliphatic carboxylic acids is 1. The molecule has 0 aliphatic carbocycles. The summed E-state index contributed by atoms with van der Waals surface area (Å²) in [7, 11) is 0. The quantitative estimate of drug-likeness (QED) is 0.671. The lowest BCUT2D eigenvalue weighted by Crippen LogP contribution is -2.14. The number of carboxylic acid groups (broad SMARTS) is 1. The van der Waals surface area contributed by atoms with Crippen molar-refractivity contribution >= 4 is 5.97 Å². The molecule has 0 bridgehead atoms. The van der Waals surface area contributed by atoms with Gasteiger partial charge in [-0.2, -0.15) is 0 Å². The van der Waals surface area contributed by atoms with Crippen molar-refractivity contribution in [1.29, 1.82) is 0 Å². The molecule has 1 atom stereocenters. The normalized spacial score (nSPS) is 11.9. The van der Waals surface area contributed by atoms with E-state index in [1.807, 2.05) is 48.5 Å². The summed E-state index contributed by atoms with van der Waals surface area (Å²) in [6.45, 7) is 4.91. The van der Waals surface area contributed by atoms with E-state index in [0.717, 1.165) is 36.1 Å². The van der Waals surface area contributed by atoms with Crippen LogP contribution in [0.5, 0.6) is 5.75 Å². The van der Waals surface area contributed by atoms with Crippen molar-refractivity contribution in [3.05, 3.63) is 65.2 Å². The molecule has 24 heavy (non-hydrogen) atoms. The topological polar surface area (TPSA) is 46.5 Å². The van der Waals surface area contributed by atoms with Crippen LogP contribution in [0.2, 0.25) is 0 Å². The third-order valence-electron chi connectivity index (χ3n) is 4.19. The molecule has 2 aromatic carbocycles. The lowest BCUT2D eigenvalue weighted by molar-refractivity contribution is -0.138. The number of hydrogen-bond donors (Lipinski definition) is 1. The molecule has 2 aromatic rings. The van der Waals surface area contributed by atoms with E-state index in [0.29, 0.717) is 13.0 Å². The van der Waals surface area contributed by atoms with Gasteiger partial charge in [0.05, 0.1) is 12.5 Å². The molecule has 0 amide bonds. The van der Waals surface area contributed by atoms with Crippen LogP contribution < -0.4 is 4.74 Å². The molecule has 0 fully saturated rings. The fourth-order valence-corrected chi connectivity index (χ4v) is 2.67. The van der Waals surface area contributed by atoms with Gasteiger partial charge in [0, 0.05) is 0 Å². The van der Waals surface area contributed by atoms with E-state index in [1.54, 1.807) is 0 Å². The van der Waals surface area contributed by atoms with Gasteiger partial charge in [0.25, 0.3) is 0 Å². The highest BCUT2D eigenvalue weighted by molar-refractivity contribution is 5.76. The third kappa shape index (κ3) is 5.12. The molecule has 0 aromatic heterocycles. The summed E-state index contributed by atoms with van der Waals surface area (Å²) in [5.41, 5.74) is 3.04. The Morgan fingerprint density at radius 2 is 1.83 bits per heavy atom. The number of ether oxygens (including phenoxy) is 1. The third-order valence-corrected chi connectivity index (χ3v) is 4.19. The zero-order valence-electron chi connectivity index (χ0n) is 14.5. The Bertz CT molecular complexity index is 646. The fourth-order valence-electron chi connectivity index (χ4n) is 2.67.